The van der Waals surface area contributed by atoms with Crippen molar-refractivity contribution in [2.45, 2.75) is 18.6 Å². The largest absolute Gasteiger partial charge is 0.495 e. The van der Waals surface area contributed by atoms with Crippen LogP contribution >= 0.6 is 0 Å². The SMILES string of the molecule is COc1cnc([C@@H]2CNC(=O)[C@H]2NC(=O)OCc2ccccc2)c(F)c1. The maximum Gasteiger partial charge on any atom is 0.408 e. The number of nitrogens with zero attached hydrogens (tertiary/aromatic N) is 1. The first-order valence-corrected chi connectivity index (χ1v) is 8.03. The lowest BCUT2D eigenvalue weighted by molar-refractivity contribution is -0.120. The maximum atomic E-state index is 14.3. The molecule has 0 saturated carbocycles. The van der Waals surface area contributed by atoms with E-state index in [1.54, 1.807) is 0 Å². The molecule has 1 aliphatic rings. The van der Waals surface area contributed by atoms with Crippen LogP contribution in [0.25, 0.3) is 0 Å². The molecule has 2 amide bonds. The van der Waals surface area contributed by atoms with Crippen LogP contribution in [0.1, 0.15) is 17.2 Å². The summed E-state index contributed by atoms with van der Waals surface area (Å²) in [5, 5.41) is 5.10. The van der Waals surface area contributed by atoms with Gasteiger partial charge in [-0.3, -0.25) is 9.78 Å². The summed E-state index contributed by atoms with van der Waals surface area (Å²) < 4.78 is 24.3. The minimum atomic E-state index is -0.964. The average molecular weight is 359 g/mol. The fourth-order valence-corrected chi connectivity index (χ4v) is 2.75. The third kappa shape index (κ3) is 3.90. The van der Waals surface area contributed by atoms with Crippen molar-refractivity contribution >= 4 is 12.0 Å². The number of carbonyl (C=O) groups excluding carboxylic acids is 2. The standard InChI is InChI=1S/C18H18FN3O4/c1-25-12-7-14(19)15(20-8-12)13-9-21-17(23)16(13)22-18(24)26-10-11-5-3-2-4-6-11/h2-8,13,16H,9-10H2,1H3,(H,21,23)(H,22,24)/t13-,16-/m0/s1. The van der Waals surface area contributed by atoms with E-state index in [1.807, 2.05) is 30.3 Å². The van der Waals surface area contributed by atoms with Crippen LogP contribution in [0, 0.1) is 5.82 Å². The van der Waals surface area contributed by atoms with Gasteiger partial charge in [0.1, 0.15) is 24.2 Å². The number of pyridine rings is 1. The van der Waals surface area contributed by atoms with Gasteiger partial charge in [0.2, 0.25) is 5.91 Å². The molecule has 26 heavy (non-hydrogen) atoms. The van der Waals surface area contributed by atoms with Gasteiger partial charge in [0.05, 0.1) is 24.9 Å². The van der Waals surface area contributed by atoms with Crippen LogP contribution in [0.2, 0.25) is 0 Å². The average Bonchev–Trinajstić information content (AvgIpc) is 3.01. The number of hydrogen-bond acceptors (Lipinski definition) is 5. The molecule has 3 rings (SSSR count). The van der Waals surface area contributed by atoms with Crippen molar-refractivity contribution in [1.82, 2.24) is 15.6 Å². The highest BCUT2D eigenvalue weighted by molar-refractivity contribution is 5.88. The summed E-state index contributed by atoms with van der Waals surface area (Å²) in [7, 11) is 1.41. The van der Waals surface area contributed by atoms with Crippen molar-refractivity contribution in [1.29, 1.82) is 0 Å². The fraction of sp³-hybridized carbons (Fsp3) is 0.278. The zero-order valence-corrected chi connectivity index (χ0v) is 14.1. The van der Waals surface area contributed by atoms with Crippen molar-refractivity contribution in [3.8, 4) is 5.75 Å². The van der Waals surface area contributed by atoms with Gasteiger partial charge in [0.15, 0.2) is 0 Å². The Kier molecular flexibility index (Phi) is 5.31. The smallest absolute Gasteiger partial charge is 0.408 e. The van der Waals surface area contributed by atoms with E-state index < -0.39 is 29.8 Å². The molecule has 2 N–H and O–H groups in total. The van der Waals surface area contributed by atoms with Crippen LogP contribution in [0.4, 0.5) is 9.18 Å². The van der Waals surface area contributed by atoms with Crippen LogP contribution < -0.4 is 15.4 Å². The Balaban J connectivity index is 1.67. The number of aromatic nitrogens is 1. The van der Waals surface area contributed by atoms with Crippen LogP contribution in [0.3, 0.4) is 0 Å². The van der Waals surface area contributed by atoms with E-state index in [-0.39, 0.29) is 24.6 Å². The van der Waals surface area contributed by atoms with Gasteiger partial charge in [-0.25, -0.2) is 9.18 Å². The number of rotatable bonds is 5. The van der Waals surface area contributed by atoms with E-state index in [0.29, 0.717) is 0 Å². The molecule has 0 spiro atoms. The molecule has 2 heterocycles. The molecular formula is C18H18FN3O4. The van der Waals surface area contributed by atoms with E-state index in [9.17, 15) is 14.0 Å². The highest BCUT2D eigenvalue weighted by Crippen LogP contribution is 2.26. The first-order chi connectivity index (χ1) is 12.6. The van der Waals surface area contributed by atoms with Crippen molar-refractivity contribution in [3.05, 3.63) is 59.7 Å². The first-order valence-electron chi connectivity index (χ1n) is 8.03. The second-order valence-electron chi connectivity index (χ2n) is 5.78. The van der Waals surface area contributed by atoms with Gasteiger partial charge in [-0.2, -0.15) is 0 Å². The van der Waals surface area contributed by atoms with Crippen molar-refractivity contribution < 1.29 is 23.5 Å². The Labute approximate surface area is 149 Å². The van der Waals surface area contributed by atoms with E-state index >= 15 is 0 Å². The van der Waals surface area contributed by atoms with Gasteiger partial charge >= 0.3 is 6.09 Å². The monoisotopic (exact) mass is 359 g/mol. The zero-order valence-electron chi connectivity index (χ0n) is 14.1. The number of hydrogen-bond donors (Lipinski definition) is 2. The molecule has 8 heteroatoms. The highest BCUT2D eigenvalue weighted by atomic mass is 19.1. The quantitative estimate of drug-likeness (QED) is 0.849. The molecular weight excluding hydrogens is 341 g/mol. The second kappa shape index (κ2) is 7.81. The molecule has 0 radical (unpaired) electrons. The number of benzene rings is 1. The predicted octanol–water partition coefficient (Wildman–Crippen LogP) is 1.74. The van der Waals surface area contributed by atoms with Crippen LogP contribution in [-0.2, 0) is 16.1 Å². The lowest BCUT2D eigenvalue weighted by atomic mass is 9.98. The molecule has 1 aromatic carbocycles. The van der Waals surface area contributed by atoms with E-state index in [4.69, 9.17) is 9.47 Å². The van der Waals surface area contributed by atoms with Gasteiger partial charge in [0.25, 0.3) is 0 Å². The molecule has 1 fully saturated rings. The van der Waals surface area contributed by atoms with Crippen LogP contribution in [0.15, 0.2) is 42.6 Å². The number of halogens is 1. The maximum absolute atomic E-state index is 14.3. The van der Waals surface area contributed by atoms with Gasteiger partial charge in [-0.05, 0) is 5.56 Å². The van der Waals surface area contributed by atoms with Crippen molar-refractivity contribution in [2.75, 3.05) is 13.7 Å². The number of nitrogens with one attached hydrogen (secondary N) is 2. The van der Waals surface area contributed by atoms with Gasteiger partial charge in [0, 0.05) is 12.6 Å². The van der Waals surface area contributed by atoms with E-state index in [2.05, 4.69) is 15.6 Å². The Hall–Kier alpha value is -3.16. The molecule has 1 saturated heterocycles. The van der Waals surface area contributed by atoms with Crippen molar-refractivity contribution in [2.24, 2.45) is 0 Å². The molecule has 2 aromatic rings. The Morgan fingerprint density at radius 1 is 1.38 bits per heavy atom. The summed E-state index contributed by atoms with van der Waals surface area (Å²) >= 11 is 0. The minimum Gasteiger partial charge on any atom is -0.495 e. The van der Waals surface area contributed by atoms with Crippen molar-refractivity contribution in [3.63, 3.8) is 0 Å². The molecule has 0 aliphatic carbocycles. The Morgan fingerprint density at radius 2 is 2.15 bits per heavy atom. The third-order valence-electron chi connectivity index (χ3n) is 4.10. The first kappa shape index (κ1) is 17.7. The van der Waals surface area contributed by atoms with Crippen LogP contribution in [0.5, 0.6) is 5.75 Å². The van der Waals surface area contributed by atoms with E-state index in [1.165, 1.54) is 19.4 Å². The lowest BCUT2D eigenvalue weighted by Gasteiger charge is -2.18. The number of amides is 2. The number of methoxy groups -OCH3 is 1. The topological polar surface area (TPSA) is 89.5 Å². The molecule has 0 bridgehead atoms. The Morgan fingerprint density at radius 3 is 2.85 bits per heavy atom. The molecule has 7 nitrogen and oxygen atoms in total. The second-order valence-corrected chi connectivity index (χ2v) is 5.78. The zero-order chi connectivity index (χ0) is 18.5. The van der Waals surface area contributed by atoms with Gasteiger partial charge < -0.3 is 20.1 Å². The third-order valence-corrected chi connectivity index (χ3v) is 4.10. The molecule has 1 aromatic heterocycles. The molecule has 2 atom stereocenters. The summed E-state index contributed by atoms with van der Waals surface area (Å²) in [5.74, 6) is -1.38. The fourth-order valence-electron chi connectivity index (χ4n) is 2.75. The van der Waals surface area contributed by atoms with Gasteiger partial charge in [-0.1, -0.05) is 30.3 Å². The summed E-state index contributed by atoms with van der Waals surface area (Å²) in [5.41, 5.74) is 0.899. The molecule has 1 aliphatic heterocycles. The summed E-state index contributed by atoms with van der Waals surface area (Å²) in [6, 6.07) is 9.37. The molecule has 136 valence electrons. The Bertz CT molecular complexity index is 800. The summed E-state index contributed by atoms with van der Waals surface area (Å²) in [4.78, 5) is 28.1. The van der Waals surface area contributed by atoms with Gasteiger partial charge in [-0.15, -0.1) is 0 Å². The lowest BCUT2D eigenvalue weighted by Crippen LogP contribution is -2.43. The minimum absolute atomic E-state index is 0.0703. The number of alkyl carbamates (subject to hydrolysis) is 1. The normalized spacial score (nSPS) is 18.9. The number of ether oxygens (including phenoxy) is 2. The number of carbonyl (C=O) groups is 2. The van der Waals surface area contributed by atoms with E-state index in [0.717, 1.165) is 5.56 Å². The summed E-state index contributed by atoms with van der Waals surface area (Å²) in [6.45, 7) is 0.236. The molecule has 0 unspecified atom stereocenters. The predicted molar refractivity (Wildman–Crippen MR) is 90.0 cm³/mol. The highest BCUT2D eigenvalue weighted by Gasteiger charge is 2.39. The summed E-state index contributed by atoms with van der Waals surface area (Å²) in [6.07, 6.45) is 0.612. The van der Waals surface area contributed by atoms with Crippen LogP contribution in [-0.4, -0.2) is 36.7 Å².